The third-order valence-electron chi connectivity index (χ3n) is 3.24. The fraction of sp³-hybridized carbons (Fsp3) is 0.267. The molecule has 1 aromatic carbocycles. The highest BCUT2D eigenvalue weighted by Crippen LogP contribution is 2.22. The SMILES string of the molecule is COc1ccc(CC(NN)c2ncccc2C)cc1F. The molecule has 0 radical (unpaired) electrons. The van der Waals surface area contributed by atoms with Crippen molar-refractivity contribution >= 4 is 0 Å². The van der Waals surface area contributed by atoms with E-state index >= 15 is 0 Å². The van der Waals surface area contributed by atoms with Crippen LogP contribution in [0.3, 0.4) is 0 Å². The van der Waals surface area contributed by atoms with Crippen LogP contribution in [-0.4, -0.2) is 12.1 Å². The molecule has 20 heavy (non-hydrogen) atoms. The summed E-state index contributed by atoms with van der Waals surface area (Å²) in [6.45, 7) is 1.97. The molecule has 3 N–H and O–H groups in total. The fourth-order valence-corrected chi connectivity index (χ4v) is 2.17. The summed E-state index contributed by atoms with van der Waals surface area (Å²) in [5.74, 6) is 5.47. The fourth-order valence-electron chi connectivity index (χ4n) is 2.17. The van der Waals surface area contributed by atoms with E-state index in [1.54, 1.807) is 12.3 Å². The lowest BCUT2D eigenvalue weighted by Crippen LogP contribution is -2.30. The molecule has 1 unspecified atom stereocenters. The van der Waals surface area contributed by atoms with Crippen molar-refractivity contribution in [3.8, 4) is 5.75 Å². The first-order valence-corrected chi connectivity index (χ1v) is 6.35. The van der Waals surface area contributed by atoms with Gasteiger partial charge in [-0.15, -0.1) is 0 Å². The van der Waals surface area contributed by atoms with Gasteiger partial charge in [0.25, 0.3) is 0 Å². The van der Waals surface area contributed by atoms with Crippen LogP contribution in [0.25, 0.3) is 0 Å². The number of halogens is 1. The lowest BCUT2D eigenvalue weighted by molar-refractivity contribution is 0.386. The Kier molecular flexibility index (Phi) is 4.65. The Hall–Kier alpha value is -1.98. The van der Waals surface area contributed by atoms with Gasteiger partial charge in [-0.2, -0.15) is 0 Å². The molecule has 0 saturated heterocycles. The summed E-state index contributed by atoms with van der Waals surface area (Å²) in [4.78, 5) is 4.34. The average Bonchev–Trinajstić information content (AvgIpc) is 2.46. The van der Waals surface area contributed by atoms with E-state index in [0.29, 0.717) is 6.42 Å². The zero-order chi connectivity index (χ0) is 14.5. The predicted molar refractivity (Wildman–Crippen MR) is 75.7 cm³/mol. The van der Waals surface area contributed by atoms with Crippen molar-refractivity contribution in [3.63, 3.8) is 0 Å². The first-order valence-electron chi connectivity index (χ1n) is 6.35. The van der Waals surface area contributed by atoms with Crippen molar-refractivity contribution in [2.75, 3.05) is 7.11 Å². The van der Waals surface area contributed by atoms with E-state index < -0.39 is 0 Å². The third-order valence-corrected chi connectivity index (χ3v) is 3.24. The minimum absolute atomic E-state index is 0.163. The van der Waals surface area contributed by atoms with Gasteiger partial charge in [0.15, 0.2) is 11.6 Å². The van der Waals surface area contributed by atoms with Gasteiger partial charge < -0.3 is 4.74 Å². The molecule has 1 atom stereocenters. The van der Waals surface area contributed by atoms with Gasteiger partial charge in [-0.25, -0.2) is 4.39 Å². The average molecular weight is 275 g/mol. The molecule has 2 aromatic rings. The zero-order valence-electron chi connectivity index (χ0n) is 11.6. The highest BCUT2D eigenvalue weighted by molar-refractivity contribution is 5.31. The van der Waals surface area contributed by atoms with Gasteiger partial charge in [-0.3, -0.25) is 16.3 Å². The molecule has 0 fully saturated rings. The Morgan fingerprint density at radius 3 is 2.80 bits per heavy atom. The smallest absolute Gasteiger partial charge is 0.165 e. The molecule has 0 aliphatic heterocycles. The summed E-state index contributed by atoms with van der Waals surface area (Å²) in [6.07, 6.45) is 2.27. The summed E-state index contributed by atoms with van der Waals surface area (Å²) in [7, 11) is 1.44. The highest BCUT2D eigenvalue weighted by Gasteiger charge is 2.15. The number of ether oxygens (including phenoxy) is 1. The van der Waals surface area contributed by atoms with Crippen molar-refractivity contribution in [2.24, 2.45) is 5.84 Å². The number of benzene rings is 1. The molecular formula is C15H18FN3O. The van der Waals surface area contributed by atoms with Crippen LogP contribution in [0.15, 0.2) is 36.5 Å². The van der Waals surface area contributed by atoms with Crippen molar-refractivity contribution in [2.45, 2.75) is 19.4 Å². The number of nitrogens with two attached hydrogens (primary N) is 1. The Balaban J connectivity index is 2.23. The highest BCUT2D eigenvalue weighted by atomic mass is 19.1. The number of hydrogen-bond donors (Lipinski definition) is 2. The number of nitrogens with zero attached hydrogens (tertiary/aromatic N) is 1. The lowest BCUT2D eigenvalue weighted by atomic mass is 10.0. The molecule has 0 aliphatic carbocycles. The summed E-state index contributed by atoms with van der Waals surface area (Å²) in [5, 5.41) is 0. The number of pyridine rings is 1. The molecule has 1 heterocycles. The van der Waals surface area contributed by atoms with Crippen LogP contribution in [0.2, 0.25) is 0 Å². The maximum Gasteiger partial charge on any atom is 0.165 e. The summed E-state index contributed by atoms with van der Waals surface area (Å²) in [6, 6.07) is 8.58. The van der Waals surface area contributed by atoms with Crippen molar-refractivity contribution < 1.29 is 9.13 Å². The summed E-state index contributed by atoms with van der Waals surface area (Å²) in [5.41, 5.74) is 5.48. The van der Waals surface area contributed by atoms with Crippen LogP contribution in [0, 0.1) is 12.7 Å². The molecule has 0 spiro atoms. The maximum absolute atomic E-state index is 13.7. The number of nitrogens with one attached hydrogen (secondary N) is 1. The monoisotopic (exact) mass is 275 g/mol. The van der Waals surface area contributed by atoms with Gasteiger partial charge in [0, 0.05) is 6.20 Å². The summed E-state index contributed by atoms with van der Waals surface area (Å²) >= 11 is 0. The molecule has 5 heteroatoms. The van der Waals surface area contributed by atoms with Crippen molar-refractivity contribution in [3.05, 3.63) is 59.2 Å². The van der Waals surface area contributed by atoms with Gasteiger partial charge in [-0.05, 0) is 42.7 Å². The van der Waals surface area contributed by atoms with E-state index in [-0.39, 0.29) is 17.6 Å². The first-order chi connectivity index (χ1) is 9.65. The molecule has 106 valence electrons. The van der Waals surface area contributed by atoms with Crippen LogP contribution in [0.1, 0.15) is 22.9 Å². The van der Waals surface area contributed by atoms with E-state index in [2.05, 4.69) is 10.4 Å². The van der Waals surface area contributed by atoms with Crippen LogP contribution in [0.4, 0.5) is 4.39 Å². The number of aromatic nitrogens is 1. The predicted octanol–water partition coefficient (Wildman–Crippen LogP) is 2.28. The maximum atomic E-state index is 13.7. The van der Waals surface area contributed by atoms with Gasteiger partial charge in [-0.1, -0.05) is 12.1 Å². The van der Waals surface area contributed by atoms with Gasteiger partial charge in [0.05, 0.1) is 18.8 Å². The van der Waals surface area contributed by atoms with E-state index in [0.717, 1.165) is 16.8 Å². The minimum Gasteiger partial charge on any atom is -0.494 e. The molecular weight excluding hydrogens is 257 g/mol. The number of aryl methyl sites for hydroxylation is 1. The quantitative estimate of drug-likeness (QED) is 0.649. The van der Waals surface area contributed by atoms with Gasteiger partial charge in [0.1, 0.15) is 0 Å². The van der Waals surface area contributed by atoms with Crippen molar-refractivity contribution in [1.82, 2.24) is 10.4 Å². The Bertz CT molecular complexity index is 589. The van der Waals surface area contributed by atoms with Crippen LogP contribution >= 0.6 is 0 Å². The van der Waals surface area contributed by atoms with Crippen LogP contribution in [-0.2, 0) is 6.42 Å². The second-order valence-corrected chi connectivity index (χ2v) is 4.60. The molecule has 0 saturated carbocycles. The van der Waals surface area contributed by atoms with Crippen LogP contribution < -0.4 is 16.0 Å². The summed E-state index contributed by atoms with van der Waals surface area (Å²) < 4.78 is 18.6. The Morgan fingerprint density at radius 1 is 1.40 bits per heavy atom. The first kappa shape index (κ1) is 14.4. The second-order valence-electron chi connectivity index (χ2n) is 4.60. The van der Waals surface area contributed by atoms with Crippen LogP contribution in [0.5, 0.6) is 5.75 Å². The van der Waals surface area contributed by atoms with E-state index in [4.69, 9.17) is 10.6 Å². The molecule has 1 aromatic heterocycles. The van der Waals surface area contributed by atoms with E-state index in [9.17, 15) is 4.39 Å². The largest absolute Gasteiger partial charge is 0.494 e. The number of rotatable bonds is 5. The number of hydrogen-bond acceptors (Lipinski definition) is 4. The Labute approximate surface area is 117 Å². The molecule has 0 bridgehead atoms. The topological polar surface area (TPSA) is 60.2 Å². The van der Waals surface area contributed by atoms with Crippen molar-refractivity contribution in [1.29, 1.82) is 0 Å². The van der Waals surface area contributed by atoms with E-state index in [1.165, 1.54) is 13.2 Å². The second kappa shape index (κ2) is 6.45. The van der Waals surface area contributed by atoms with E-state index in [1.807, 2.05) is 25.1 Å². The molecule has 0 amide bonds. The lowest BCUT2D eigenvalue weighted by Gasteiger charge is -2.17. The number of hydrazine groups is 1. The number of methoxy groups -OCH3 is 1. The standard InChI is InChI=1S/C15H18FN3O/c1-10-4-3-7-18-15(10)13(19-17)9-11-5-6-14(20-2)12(16)8-11/h3-8,13,19H,9,17H2,1-2H3. The molecule has 2 rings (SSSR count). The molecule has 0 aliphatic rings. The molecule has 4 nitrogen and oxygen atoms in total. The minimum atomic E-state index is -0.376. The van der Waals surface area contributed by atoms with Gasteiger partial charge >= 0.3 is 0 Å². The van der Waals surface area contributed by atoms with Gasteiger partial charge in [0.2, 0.25) is 0 Å². The normalized spacial score (nSPS) is 12.2. The zero-order valence-corrected chi connectivity index (χ0v) is 11.6. The Morgan fingerprint density at radius 2 is 2.20 bits per heavy atom. The third kappa shape index (κ3) is 3.12.